The van der Waals surface area contributed by atoms with Crippen molar-refractivity contribution in [3.05, 3.63) is 47.7 Å². The first-order valence-corrected chi connectivity index (χ1v) is 8.88. The average Bonchev–Trinajstić information content (AvgIpc) is 2.89. The number of nitrogens with zero attached hydrogens (tertiary/aromatic N) is 3. The van der Waals surface area contributed by atoms with E-state index in [2.05, 4.69) is 64.9 Å². The Morgan fingerprint density at radius 1 is 1.09 bits per heavy atom. The summed E-state index contributed by atoms with van der Waals surface area (Å²) >= 11 is 1.91. The van der Waals surface area contributed by atoms with Crippen LogP contribution in [0, 0.1) is 6.92 Å². The summed E-state index contributed by atoms with van der Waals surface area (Å²) in [7, 11) is 2.22. The zero-order valence-electron chi connectivity index (χ0n) is 13.3. The molecule has 1 aromatic carbocycles. The number of hydrogen-bond donors (Lipinski definition) is 0. The van der Waals surface area contributed by atoms with Crippen molar-refractivity contribution in [1.82, 2.24) is 14.4 Å². The largest absolute Gasteiger partial charge is 0.341 e. The first kappa shape index (κ1) is 14.4. The highest BCUT2D eigenvalue weighted by molar-refractivity contribution is 7.99. The fourth-order valence-corrected chi connectivity index (χ4v) is 4.58. The molecule has 2 aliphatic heterocycles. The highest BCUT2D eigenvalue weighted by atomic mass is 32.2. The summed E-state index contributed by atoms with van der Waals surface area (Å²) in [6.07, 6.45) is 2.23. The van der Waals surface area contributed by atoms with Crippen LogP contribution in [0.15, 0.2) is 46.5 Å². The maximum atomic E-state index is 2.67. The van der Waals surface area contributed by atoms with Crippen LogP contribution in [0.2, 0.25) is 0 Å². The lowest BCUT2D eigenvalue weighted by atomic mass is 10.0. The number of rotatable bonds is 1. The molecule has 1 saturated heterocycles. The molecule has 22 heavy (non-hydrogen) atoms. The minimum atomic E-state index is 0.491. The Balaban J connectivity index is 1.74. The molecule has 1 fully saturated rings. The molecule has 4 rings (SSSR count). The first-order valence-electron chi connectivity index (χ1n) is 8.07. The van der Waals surface area contributed by atoms with E-state index in [1.165, 1.54) is 34.1 Å². The van der Waals surface area contributed by atoms with E-state index in [9.17, 15) is 0 Å². The standard InChI is InChI=1S/C18H23N3S/c1-14-5-6-17-15(12-14)16(20-10-8-19(2)9-11-20)13-21-7-3-4-18(21)22-17/h3-7,12,16H,8-11,13H2,1-2H3. The molecule has 0 N–H and O–H groups in total. The second-order valence-corrected chi connectivity index (χ2v) is 7.56. The Hall–Kier alpha value is -1.23. The van der Waals surface area contributed by atoms with E-state index in [0.717, 1.165) is 19.6 Å². The molecule has 0 bridgehead atoms. The van der Waals surface area contributed by atoms with Gasteiger partial charge in [-0.1, -0.05) is 29.5 Å². The third kappa shape index (κ3) is 2.60. The van der Waals surface area contributed by atoms with E-state index in [1.54, 1.807) is 0 Å². The molecule has 116 valence electrons. The van der Waals surface area contributed by atoms with E-state index >= 15 is 0 Å². The van der Waals surface area contributed by atoms with Gasteiger partial charge in [0.05, 0.1) is 11.1 Å². The van der Waals surface area contributed by atoms with Crippen molar-refractivity contribution < 1.29 is 0 Å². The fraction of sp³-hybridized carbons (Fsp3) is 0.444. The zero-order chi connectivity index (χ0) is 15.1. The molecular formula is C18H23N3S. The Morgan fingerprint density at radius 2 is 1.91 bits per heavy atom. The third-order valence-corrected chi connectivity index (χ3v) is 6.05. The van der Waals surface area contributed by atoms with Crippen molar-refractivity contribution in [3.63, 3.8) is 0 Å². The Labute approximate surface area is 136 Å². The van der Waals surface area contributed by atoms with Crippen LogP contribution in [0.5, 0.6) is 0 Å². The molecule has 0 amide bonds. The Morgan fingerprint density at radius 3 is 2.73 bits per heavy atom. The van der Waals surface area contributed by atoms with Crippen LogP contribution < -0.4 is 0 Å². The van der Waals surface area contributed by atoms with Crippen molar-refractivity contribution in [2.45, 2.75) is 29.4 Å². The fourth-order valence-electron chi connectivity index (χ4n) is 3.51. The van der Waals surface area contributed by atoms with Gasteiger partial charge in [0.1, 0.15) is 0 Å². The maximum absolute atomic E-state index is 2.67. The summed E-state index contributed by atoms with van der Waals surface area (Å²) in [6.45, 7) is 7.94. The Kier molecular flexibility index (Phi) is 3.76. The summed E-state index contributed by atoms with van der Waals surface area (Å²) in [5.41, 5.74) is 2.88. The van der Waals surface area contributed by atoms with Crippen LogP contribution >= 0.6 is 11.8 Å². The van der Waals surface area contributed by atoms with Gasteiger partial charge in [-0.25, -0.2) is 0 Å². The van der Waals surface area contributed by atoms with Gasteiger partial charge in [0.2, 0.25) is 0 Å². The topological polar surface area (TPSA) is 11.4 Å². The highest BCUT2D eigenvalue weighted by Gasteiger charge is 2.29. The van der Waals surface area contributed by atoms with E-state index in [-0.39, 0.29) is 0 Å². The molecule has 0 aliphatic carbocycles. The molecule has 0 spiro atoms. The van der Waals surface area contributed by atoms with Crippen LogP contribution in [-0.2, 0) is 6.54 Å². The van der Waals surface area contributed by atoms with Crippen LogP contribution in [0.3, 0.4) is 0 Å². The van der Waals surface area contributed by atoms with Gasteiger partial charge in [0.15, 0.2) is 0 Å². The first-order chi connectivity index (χ1) is 10.7. The van der Waals surface area contributed by atoms with Crippen molar-refractivity contribution in [2.75, 3.05) is 33.2 Å². The van der Waals surface area contributed by atoms with Crippen LogP contribution in [0.4, 0.5) is 0 Å². The molecule has 4 heteroatoms. The van der Waals surface area contributed by atoms with Crippen LogP contribution in [0.1, 0.15) is 17.2 Å². The lowest BCUT2D eigenvalue weighted by Crippen LogP contribution is -2.46. The smallest absolute Gasteiger partial charge is 0.0797 e. The van der Waals surface area contributed by atoms with Gasteiger partial charge in [0.25, 0.3) is 0 Å². The summed E-state index contributed by atoms with van der Waals surface area (Å²) < 4.78 is 2.42. The molecule has 2 aliphatic rings. The molecule has 0 radical (unpaired) electrons. The minimum Gasteiger partial charge on any atom is -0.341 e. The highest BCUT2D eigenvalue weighted by Crippen LogP contribution is 2.40. The second kappa shape index (κ2) is 5.76. The molecule has 1 aromatic heterocycles. The number of fused-ring (bicyclic) bond motifs is 2. The number of hydrogen-bond acceptors (Lipinski definition) is 3. The lowest BCUT2D eigenvalue weighted by Gasteiger charge is -2.38. The molecule has 1 unspecified atom stereocenters. The summed E-state index contributed by atoms with van der Waals surface area (Å²) in [6, 6.07) is 11.8. The van der Waals surface area contributed by atoms with Gasteiger partial charge in [-0.15, -0.1) is 0 Å². The van der Waals surface area contributed by atoms with Crippen LogP contribution in [0.25, 0.3) is 0 Å². The lowest BCUT2D eigenvalue weighted by molar-refractivity contribution is 0.100. The molecule has 3 nitrogen and oxygen atoms in total. The number of piperazine rings is 1. The second-order valence-electron chi connectivity index (χ2n) is 6.50. The van der Waals surface area contributed by atoms with E-state index in [0.29, 0.717) is 6.04 Å². The van der Waals surface area contributed by atoms with Gasteiger partial charge in [0, 0.05) is 43.8 Å². The minimum absolute atomic E-state index is 0.491. The third-order valence-electron chi connectivity index (χ3n) is 4.87. The number of benzene rings is 1. The molecule has 1 atom stereocenters. The molecule has 2 aromatic rings. The van der Waals surface area contributed by atoms with Crippen molar-refractivity contribution in [3.8, 4) is 0 Å². The van der Waals surface area contributed by atoms with Crippen molar-refractivity contribution in [1.29, 1.82) is 0 Å². The van der Waals surface area contributed by atoms with Gasteiger partial charge >= 0.3 is 0 Å². The predicted octanol–water partition coefficient (Wildman–Crippen LogP) is 3.25. The monoisotopic (exact) mass is 313 g/mol. The summed E-state index contributed by atoms with van der Waals surface area (Å²) in [5.74, 6) is 0. The quantitative estimate of drug-likeness (QED) is 0.801. The maximum Gasteiger partial charge on any atom is 0.0797 e. The Bertz CT molecular complexity index is 671. The van der Waals surface area contributed by atoms with E-state index < -0.39 is 0 Å². The number of aryl methyl sites for hydroxylation is 1. The van der Waals surface area contributed by atoms with Crippen LogP contribution in [-0.4, -0.2) is 47.6 Å². The van der Waals surface area contributed by atoms with Crippen molar-refractivity contribution in [2.24, 2.45) is 0 Å². The molecule has 3 heterocycles. The molecular weight excluding hydrogens is 290 g/mol. The van der Waals surface area contributed by atoms with Gasteiger partial charge in [-0.2, -0.15) is 0 Å². The van der Waals surface area contributed by atoms with Gasteiger partial charge in [-0.05, 0) is 37.7 Å². The summed E-state index contributed by atoms with van der Waals surface area (Å²) in [5, 5.41) is 1.36. The van der Waals surface area contributed by atoms with E-state index in [4.69, 9.17) is 0 Å². The van der Waals surface area contributed by atoms with E-state index in [1.807, 2.05) is 11.8 Å². The van der Waals surface area contributed by atoms with Gasteiger partial charge in [-0.3, -0.25) is 4.90 Å². The van der Waals surface area contributed by atoms with Gasteiger partial charge < -0.3 is 9.47 Å². The normalized spacial score (nSPS) is 22.9. The average molecular weight is 313 g/mol. The predicted molar refractivity (Wildman–Crippen MR) is 91.5 cm³/mol. The zero-order valence-corrected chi connectivity index (χ0v) is 14.1. The number of aromatic nitrogens is 1. The van der Waals surface area contributed by atoms with Crippen molar-refractivity contribution >= 4 is 11.8 Å². The SMILES string of the molecule is Cc1ccc2c(c1)C(N1CCN(C)CC1)Cn1cccc1S2. The number of likely N-dealkylation sites (N-methyl/N-ethyl adjacent to an activating group) is 1. The molecule has 0 saturated carbocycles. The summed E-state index contributed by atoms with van der Waals surface area (Å²) in [4.78, 5) is 6.53.